The highest BCUT2D eigenvalue weighted by Crippen LogP contribution is 2.24. The monoisotopic (exact) mass is 328 g/mol. The number of furan rings is 1. The van der Waals surface area contributed by atoms with Gasteiger partial charge >= 0.3 is 0 Å². The van der Waals surface area contributed by atoms with E-state index < -0.39 is 0 Å². The minimum atomic E-state index is -0.223. The van der Waals surface area contributed by atoms with Crippen LogP contribution in [0.25, 0.3) is 0 Å². The number of aromatic nitrogens is 2. The highest BCUT2D eigenvalue weighted by atomic mass is 16.5. The van der Waals surface area contributed by atoms with Crippen LogP contribution >= 0.6 is 0 Å². The molecular weight excluding hydrogens is 308 g/mol. The molecule has 24 heavy (non-hydrogen) atoms. The van der Waals surface area contributed by atoms with Crippen LogP contribution in [0.5, 0.6) is 0 Å². The van der Waals surface area contributed by atoms with Gasteiger partial charge in [-0.1, -0.05) is 0 Å². The molecule has 7 nitrogen and oxygen atoms in total. The maximum atomic E-state index is 12.5. The number of morpholine rings is 1. The van der Waals surface area contributed by atoms with Crippen molar-refractivity contribution in [2.45, 2.75) is 18.9 Å². The Labute approximate surface area is 140 Å². The number of ether oxygens (including phenoxy) is 1. The quantitative estimate of drug-likeness (QED) is 0.857. The molecule has 0 bridgehead atoms. The topological polar surface area (TPSA) is 71.7 Å². The molecule has 0 saturated carbocycles. The van der Waals surface area contributed by atoms with E-state index in [1.807, 2.05) is 6.07 Å². The molecule has 0 N–H and O–H groups in total. The van der Waals surface area contributed by atoms with Crippen LogP contribution in [0.1, 0.15) is 35.0 Å². The Kier molecular flexibility index (Phi) is 4.17. The summed E-state index contributed by atoms with van der Waals surface area (Å²) >= 11 is 0. The summed E-state index contributed by atoms with van der Waals surface area (Å²) in [6.45, 7) is 3.56. The molecule has 2 aromatic heterocycles. The van der Waals surface area contributed by atoms with E-state index in [9.17, 15) is 4.79 Å². The van der Waals surface area contributed by atoms with Gasteiger partial charge in [0, 0.05) is 25.8 Å². The number of hydrogen-bond donors (Lipinski definition) is 0. The Morgan fingerprint density at radius 2 is 2.08 bits per heavy atom. The smallest absolute Gasteiger partial charge is 0.257 e. The summed E-state index contributed by atoms with van der Waals surface area (Å²) in [6.07, 6.45) is 6.90. The second kappa shape index (κ2) is 6.60. The fourth-order valence-corrected chi connectivity index (χ4v) is 3.19. The van der Waals surface area contributed by atoms with Crippen molar-refractivity contribution in [2.24, 2.45) is 0 Å². The highest BCUT2D eigenvalue weighted by Gasteiger charge is 2.28. The van der Waals surface area contributed by atoms with Crippen molar-refractivity contribution in [2.75, 3.05) is 37.7 Å². The molecular formula is C17H20N4O3. The zero-order valence-corrected chi connectivity index (χ0v) is 13.4. The standard InChI is InChI=1S/C17H20N4O3/c22-16(13-4-9-23-12-13)21-8-10-24-15(11-21)14-3-5-18-17(19-14)20-6-1-2-7-20/h3-5,9,12,15H,1-2,6-8,10-11H2/t15-/m0/s1. The van der Waals surface area contributed by atoms with Crippen LogP contribution in [0.15, 0.2) is 35.3 Å². The van der Waals surface area contributed by atoms with Crippen molar-refractivity contribution in [3.8, 4) is 0 Å². The second-order valence-corrected chi connectivity index (χ2v) is 6.10. The first-order chi connectivity index (χ1) is 11.8. The third kappa shape index (κ3) is 2.99. The van der Waals surface area contributed by atoms with Crippen molar-refractivity contribution in [1.82, 2.24) is 14.9 Å². The molecule has 1 amide bonds. The number of carbonyl (C=O) groups is 1. The van der Waals surface area contributed by atoms with Gasteiger partial charge in [-0.3, -0.25) is 4.79 Å². The fraction of sp³-hybridized carbons (Fsp3) is 0.471. The van der Waals surface area contributed by atoms with Crippen molar-refractivity contribution < 1.29 is 13.9 Å². The molecule has 2 fully saturated rings. The zero-order chi connectivity index (χ0) is 16.4. The average Bonchev–Trinajstić information content (AvgIpc) is 3.35. The largest absolute Gasteiger partial charge is 0.472 e. The molecule has 0 unspecified atom stereocenters. The van der Waals surface area contributed by atoms with Gasteiger partial charge in [0.05, 0.1) is 30.7 Å². The van der Waals surface area contributed by atoms with Crippen molar-refractivity contribution in [1.29, 1.82) is 0 Å². The molecule has 0 aliphatic carbocycles. The van der Waals surface area contributed by atoms with Gasteiger partial charge in [-0.25, -0.2) is 9.97 Å². The average molecular weight is 328 g/mol. The Morgan fingerprint density at radius 3 is 2.88 bits per heavy atom. The molecule has 4 rings (SSSR count). The molecule has 2 saturated heterocycles. The van der Waals surface area contributed by atoms with Gasteiger partial charge in [-0.05, 0) is 25.0 Å². The summed E-state index contributed by atoms with van der Waals surface area (Å²) in [5.41, 5.74) is 1.40. The first kappa shape index (κ1) is 15.1. The molecule has 0 aromatic carbocycles. The molecule has 126 valence electrons. The van der Waals surface area contributed by atoms with E-state index in [4.69, 9.17) is 9.15 Å². The van der Waals surface area contributed by atoms with Crippen LogP contribution in [0, 0.1) is 0 Å². The number of anilines is 1. The zero-order valence-electron chi connectivity index (χ0n) is 13.4. The SMILES string of the molecule is O=C(c1ccoc1)N1CCO[C@H](c2ccnc(N3CCCC3)n2)C1. The fourth-order valence-electron chi connectivity index (χ4n) is 3.19. The minimum Gasteiger partial charge on any atom is -0.472 e. The Hall–Kier alpha value is -2.41. The number of rotatable bonds is 3. The summed E-state index contributed by atoms with van der Waals surface area (Å²) in [6, 6.07) is 3.55. The van der Waals surface area contributed by atoms with E-state index in [1.54, 1.807) is 17.2 Å². The Balaban J connectivity index is 1.49. The maximum absolute atomic E-state index is 12.5. The summed E-state index contributed by atoms with van der Waals surface area (Å²) in [7, 11) is 0. The van der Waals surface area contributed by atoms with Gasteiger partial charge in [0.15, 0.2) is 0 Å². The van der Waals surface area contributed by atoms with E-state index >= 15 is 0 Å². The lowest BCUT2D eigenvalue weighted by molar-refractivity contribution is -0.0247. The predicted molar refractivity (Wildman–Crippen MR) is 86.8 cm³/mol. The molecule has 0 spiro atoms. The molecule has 1 atom stereocenters. The van der Waals surface area contributed by atoms with Crippen molar-refractivity contribution in [3.05, 3.63) is 42.1 Å². The number of nitrogens with zero attached hydrogens (tertiary/aromatic N) is 4. The van der Waals surface area contributed by atoms with Gasteiger partial charge in [0.1, 0.15) is 12.4 Å². The first-order valence-corrected chi connectivity index (χ1v) is 8.32. The summed E-state index contributed by atoms with van der Waals surface area (Å²) in [4.78, 5) is 25.5. The first-order valence-electron chi connectivity index (χ1n) is 8.32. The molecule has 0 radical (unpaired) electrons. The molecule has 4 heterocycles. The van der Waals surface area contributed by atoms with E-state index in [1.165, 1.54) is 25.4 Å². The van der Waals surface area contributed by atoms with Crippen LogP contribution in [-0.4, -0.2) is 53.6 Å². The van der Waals surface area contributed by atoms with Crippen LogP contribution < -0.4 is 4.90 Å². The summed E-state index contributed by atoms with van der Waals surface area (Å²) < 4.78 is 10.9. The van der Waals surface area contributed by atoms with E-state index in [-0.39, 0.29) is 12.0 Å². The predicted octanol–water partition coefficient (Wildman–Crippen LogP) is 1.88. The molecule has 2 aromatic rings. The second-order valence-electron chi connectivity index (χ2n) is 6.10. The van der Waals surface area contributed by atoms with Gasteiger partial charge in [-0.15, -0.1) is 0 Å². The number of carbonyl (C=O) groups excluding carboxylic acids is 1. The third-order valence-electron chi connectivity index (χ3n) is 4.50. The summed E-state index contributed by atoms with van der Waals surface area (Å²) in [5.74, 6) is 0.720. The highest BCUT2D eigenvalue weighted by molar-refractivity contribution is 5.93. The lowest BCUT2D eigenvalue weighted by Crippen LogP contribution is -2.42. The summed E-state index contributed by atoms with van der Waals surface area (Å²) in [5, 5.41) is 0. The molecule has 7 heteroatoms. The number of hydrogen-bond acceptors (Lipinski definition) is 6. The van der Waals surface area contributed by atoms with Gasteiger partial charge in [0.25, 0.3) is 5.91 Å². The van der Waals surface area contributed by atoms with E-state index in [0.29, 0.717) is 25.3 Å². The molecule has 2 aliphatic heterocycles. The van der Waals surface area contributed by atoms with Crippen LogP contribution in [0.3, 0.4) is 0 Å². The third-order valence-corrected chi connectivity index (χ3v) is 4.50. The Bertz CT molecular complexity index is 698. The Morgan fingerprint density at radius 1 is 1.21 bits per heavy atom. The minimum absolute atomic E-state index is 0.0362. The van der Waals surface area contributed by atoms with Crippen LogP contribution in [-0.2, 0) is 4.74 Å². The normalized spacial score (nSPS) is 21.2. The van der Waals surface area contributed by atoms with Gasteiger partial charge < -0.3 is 19.0 Å². The van der Waals surface area contributed by atoms with Gasteiger partial charge in [0.2, 0.25) is 5.95 Å². The van der Waals surface area contributed by atoms with E-state index in [0.717, 1.165) is 24.7 Å². The number of amides is 1. The van der Waals surface area contributed by atoms with E-state index in [2.05, 4.69) is 14.9 Å². The maximum Gasteiger partial charge on any atom is 0.257 e. The van der Waals surface area contributed by atoms with Crippen LogP contribution in [0.2, 0.25) is 0 Å². The van der Waals surface area contributed by atoms with Gasteiger partial charge in [-0.2, -0.15) is 0 Å². The van der Waals surface area contributed by atoms with Crippen LogP contribution in [0.4, 0.5) is 5.95 Å². The lowest BCUT2D eigenvalue weighted by Gasteiger charge is -2.32. The van der Waals surface area contributed by atoms with Crippen molar-refractivity contribution >= 4 is 11.9 Å². The van der Waals surface area contributed by atoms with Crippen molar-refractivity contribution in [3.63, 3.8) is 0 Å². The molecule has 2 aliphatic rings. The lowest BCUT2D eigenvalue weighted by atomic mass is 10.2.